The smallest absolute Gasteiger partial charge is 0.238 e. The van der Waals surface area contributed by atoms with E-state index in [4.69, 9.17) is 19.2 Å². The summed E-state index contributed by atoms with van der Waals surface area (Å²) >= 11 is 1.30. The molecule has 0 unspecified atom stereocenters. The monoisotopic (exact) mass is 519 g/mol. The van der Waals surface area contributed by atoms with Gasteiger partial charge in [0, 0.05) is 18.7 Å². The van der Waals surface area contributed by atoms with Crippen LogP contribution in [0.15, 0.2) is 77.8 Å². The Kier molecular flexibility index (Phi) is 8.68. The Bertz CT molecular complexity index is 1260. The Morgan fingerprint density at radius 1 is 0.973 bits per heavy atom. The molecular formula is C28H29N3O5S. The third kappa shape index (κ3) is 6.62. The summed E-state index contributed by atoms with van der Waals surface area (Å²) in [5.74, 6) is 1.58. The van der Waals surface area contributed by atoms with E-state index < -0.39 is 5.25 Å². The summed E-state index contributed by atoms with van der Waals surface area (Å²) in [6.45, 7) is 0.416. The molecule has 1 heterocycles. The van der Waals surface area contributed by atoms with Crippen molar-refractivity contribution >= 4 is 40.1 Å². The minimum atomic E-state index is -0.602. The van der Waals surface area contributed by atoms with E-state index in [-0.39, 0.29) is 18.2 Å². The molecule has 0 saturated carbocycles. The summed E-state index contributed by atoms with van der Waals surface area (Å²) < 4.78 is 15.9. The number of aliphatic imine (C=N–C) groups is 1. The van der Waals surface area contributed by atoms with Gasteiger partial charge in [0.1, 0.15) is 11.0 Å². The van der Waals surface area contributed by atoms with Crippen molar-refractivity contribution in [3.8, 4) is 17.2 Å². The normalized spacial score (nSPS) is 16.4. The summed E-state index contributed by atoms with van der Waals surface area (Å²) in [6.07, 6.45) is 0.662. The molecule has 9 heteroatoms. The lowest BCUT2D eigenvalue weighted by atomic mass is 10.1. The van der Waals surface area contributed by atoms with E-state index in [9.17, 15) is 9.59 Å². The standard InChI is InChI=1S/C28H29N3O5S/c1-34-22-12-10-21(11-13-22)29-27(33)25-18-26(32)31(28(37-25)30-20-7-5-4-6-8-20)16-15-19-9-14-23(35-2)24(17-19)36-3/h4-14,17,25H,15-16,18H2,1-3H3,(H,29,33)/t25-/m1/s1. The number of carbonyl (C=O) groups excluding carboxylic acids is 2. The highest BCUT2D eigenvalue weighted by Crippen LogP contribution is 2.31. The number of ether oxygens (including phenoxy) is 3. The van der Waals surface area contributed by atoms with Gasteiger partial charge in [-0.1, -0.05) is 36.0 Å². The summed E-state index contributed by atoms with van der Waals surface area (Å²) in [5, 5.41) is 2.79. The SMILES string of the molecule is COc1ccc(NC(=O)[C@H]2CC(=O)N(CCc3ccc(OC)c(OC)c3)C(=Nc3ccccc3)S2)cc1. The van der Waals surface area contributed by atoms with Crippen LogP contribution in [0.25, 0.3) is 0 Å². The third-order valence-corrected chi connectivity index (χ3v) is 7.03. The summed E-state index contributed by atoms with van der Waals surface area (Å²) in [4.78, 5) is 32.7. The number of hydrogen-bond donors (Lipinski definition) is 1. The zero-order valence-electron chi connectivity index (χ0n) is 21.0. The highest BCUT2D eigenvalue weighted by Gasteiger charge is 2.35. The first-order valence-corrected chi connectivity index (χ1v) is 12.6. The molecule has 0 bridgehead atoms. The van der Waals surface area contributed by atoms with E-state index in [1.807, 2.05) is 48.5 Å². The molecule has 1 atom stereocenters. The number of nitrogens with one attached hydrogen (secondary N) is 1. The van der Waals surface area contributed by atoms with E-state index in [1.54, 1.807) is 50.5 Å². The van der Waals surface area contributed by atoms with Crippen molar-refractivity contribution in [3.63, 3.8) is 0 Å². The first-order chi connectivity index (χ1) is 18.0. The van der Waals surface area contributed by atoms with Gasteiger partial charge in [0.15, 0.2) is 16.7 Å². The zero-order valence-corrected chi connectivity index (χ0v) is 21.8. The molecule has 192 valence electrons. The lowest BCUT2D eigenvalue weighted by molar-refractivity contribution is -0.129. The molecule has 0 spiro atoms. The fourth-order valence-electron chi connectivity index (χ4n) is 3.85. The number of amidine groups is 1. The van der Waals surface area contributed by atoms with Crippen molar-refractivity contribution < 1.29 is 23.8 Å². The molecule has 3 aromatic rings. The highest BCUT2D eigenvalue weighted by molar-refractivity contribution is 8.15. The second kappa shape index (κ2) is 12.3. The minimum Gasteiger partial charge on any atom is -0.497 e. The molecule has 1 fully saturated rings. The number of carbonyl (C=O) groups is 2. The van der Waals surface area contributed by atoms with Crippen LogP contribution in [0.1, 0.15) is 12.0 Å². The van der Waals surface area contributed by atoms with Crippen LogP contribution in [0.2, 0.25) is 0 Å². The fourth-order valence-corrected chi connectivity index (χ4v) is 4.97. The van der Waals surface area contributed by atoms with E-state index in [1.165, 1.54) is 11.8 Å². The maximum Gasteiger partial charge on any atom is 0.238 e. The average Bonchev–Trinajstić information content (AvgIpc) is 2.93. The van der Waals surface area contributed by atoms with Crippen LogP contribution < -0.4 is 19.5 Å². The maximum absolute atomic E-state index is 13.3. The van der Waals surface area contributed by atoms with Gasteiger partial charge in [-0.15, -0.1) is 0 Å². The van der Waals surface area contributed by atoms with Gasteiger partial charge in [0.2, 0.25) is 11.8 Å². The molecule has 1 aliphatic heterocycles. The van der Waals surface area contributed by atoms with Crippen LogP contribution in [-0.2, 0) is 16.0 Å². The molecule has 1 saturated heterocycles. The van der Waals surface area contributed by atoms with E-state index >= 15 is 0 Å². The molecule has 8 nitrogen and oxygen atoms in total. The number of hydrogen-bond acceptors (Lipinski definition) is 7. The number of anilines is 1. The van der Waals surface area contributed by atoms with Crippen molar-refractivity contribution in [3.05, 3.63) is 78.4 Å². The van der Waals surface area contributed by atoms with Crippen molar-refractivity contribution in [2.45, 2.75) is 18.1 Å². The predicted octanol–water partition coefficient (Wildman–Crippen LogP) is 4.92. The molecule has 37 heavy (non-hydrogen) atoms. The van der Waals surface area contributed by atoms with E-state index in [0.29, 0.717) is 46.8 Å². The van der Waals surface area contributed by atoms with Crippen molar-refractivity contribution in [1.82, 2.24) is 4.90 Å². The molecule has 3 aromatic carbocycles. The Balaban J connectivity index is 1.52. The van der Waals surface area contributed by atoms with Gasteiger partial charge < -0.3 is 19.5 Å². The van der Waals surface area contributed by atoms with E-state index in [0.717, 1.165) is 5.56 Å². The molecule has 2 amide bonds. The Morgan fingerprint density at radius 2 is 1.70 bits per heavy atom. The molecule has 4 rings (SSSR count). The highest BCUT2D eigenvalue weighted by atomic mass is 32.2. The number of para-hydroxylation sites is 1. The zero-order chi connectivity index (χ0) is 26.2. The van der Waals surface area contributed by atoms with Crippen molar-refractivity contribution in [2.75, 3.05) is 33.2 Å². The largest absolute Gasteiger partial charge is 0.497 e. The summed E-state index contributed by atoms with van der Waals surface area (Å²) in [6, 6.07) is 22.2. The molecule has 1 N–H and O–H groups in total. The van der Waals surface area contributed by atoms with Gasteiger partial charge in [0.25, 0.3) is 0 Å². The van der Waals surface area contributed by atoms with Gasteiger partial charge in [0.05, 0.1) is 27.0 Å². The number of methoxy groups -OCH3 is 3. The fraction of sp³-hybridized carbons (Fsp3) is 0.250. The second-order valence-electron chi connectivity index (χ2n) is 8.24. The number of benzene rings is 3. The Morgan fingerprint density at radius 3 is 2.38 bits per heavy atom. The maximum atomic E-state index is 13.3. The summed E-state index contributed by atoms with van der Waals surface area (Å²) in [7, 11) is 4.77. The predicted molar refractivity (Wildman–Crippen MR) is 146 cm³/mol. The molecule has 0 aromatic heterocycles. The van der Waals surface area contributed by atoms with Crippen LogP contribution in [0, 0.1) is 0 Å². The number of rotatable bonds is 9. The first-order valence-electron chi connectivity index (χ1n) is 11.8. The number of amides is 2. The molecule has 1 aliphatic rings. The van der Waals surface area contributed by atoms with Gasteiger partial charge in [-0.2, -0.15) is 0 Å². The second-order valence-corrected chi connectivity index (χ2v) is 9.41. The van der Waals surface area contributed by atoms with Crippen LogP contribution in [0.3, 0.4) is 0 Å². The van der Waals surface area contributed by atoms with Crippen LogP contribution in [-0.4, -0.2) is 55.0 Å². The van der Waals surface area contributed by atoms with Gasteiger partial charge in [-0.3, -0.25) is 14.5 Å². The third-order valence-electron chi connectivity index (χ3n) is 5.84. The average molecular weight is 520 g/mol. The van der Waals surface area contributed by atoms with Gasteiger partial charge >= 0.3 is 0 Å². The first kappa shape index (κ1) is 26.1. The number of nitrogens with zero attached hydrogens (tertiary/aromatic N) is 2. The summed E-state index contributed by atoms with van der Waals surface area (Å²) in [5.41, 5.74) is 2.34. The Hall–Kier alpha value is -3.98. The van der Waals surface area contributed by atoms with Gasteiger partial charge in [-0.05, 0) is 60.5 Å². The van der Waals surface area contributed by atoms with Crippen LogP contribution in [0.4, 0.5) is 11.4 Å². The Labute approximate surface area is 220 Å². The molecular weight excluding hydrogens is 490 g/mol. The van der Waals surface area contributed by atoms with Crippen molar-refractivity contribution in [2.24, 2.45) is 4.99 Å². The topological polar surface area (TPSA) is 89.5 Å². The lowest BCUT2D eigenvalue weighted by Crippen LogP contribution is -2.46. The molecule has 0 radical (unpaired) electrons. The molecule has 0 aliphatic carbocycles. The quantitative estimate of drug-likeness (QED) is 0.432. The van der Waals surface area contributed by atoms with Gasteiger partial charge in [-0.25, -0.2) is 4.99 Å². The van der Waals surface area contributed by atoms with Crippen LogP contribution in [0.5, 0.6) is 17.2 Å². The van der Waals surface area contributed by atoms with Crippen molar-refractivity contribution in [1.29, 1.82) is 0 Å². The van der Waals surface area contributed by atoms with Crippen LogP contribution >= 0.6 is 11.8 Å². The van der Waals surface area contributed by atoms with E-state index in [2.05, 4.69) is 5.32 Å². The number of thioether (sulfide) groups is 1. The lowest BCUT2D eigenvalue weighted by Gasteiger charge is -2.32. The minimum absolute atomic E-state index is 0.0758.